The molecule has 138 valence electrons. The molecule has 0 bridgehead atoms. The van der Waals surface area contributed by atoms with Gasteiger partial charge in [0.05, 0.1) is 5.69 Å². The molecule has 0 radical (unpaired) electrons. The van der Waals surface area contributed by atoms with Gasteiger partial charge in [0.15, 0.2) is 0 Å². The Hall–Kier alpha value is -3.61. The molecule has 3 aromatic rings. The second-order valence-electron chi connectivity index (χ2n) is 5.96. The van der Waals surface area contributed by atoms with E-state index in [1.807, 2.05) is 13.8 Å². The highest BCUT2D eigenvalue weighted by Crippen LogP contribution is 2.23. The molecule has 3 rings (SSSR count). The molecule has 0 aliphatic rings. The van der Waals surface area contributed by atoms with E-state index >= 15 is 0 Å². The Labute approximate surface area is 156 Å². The summed E-state index contributed by atoms with van der Waals surface area (Å²) in [5.41, 5.74) is 7.60. The first kappa shape index (κ1) is 18.2. The van der Waals surface area contributed by atoms with Crippen LogP contribution in [0.1, 0.15) is 33.5 Å². The predicted molar refractivity (Wildman–Crippen MR) is 102 cm³/mol. The maximum Gasteiger partial charge on any atom is 0.273 e. The van der Waals surface area contributed by atoms with E-state index in [1.165, 1.54) is 0 Å². The number of amides is 2. The zero-order valence-corrected chi connectivity index (χ0v) is 15.1. The van der Waals surface area contributed by atoms with Gasteiger partial charge in [0.2, 0.25) is 5.91 Å². The molecule has 0 aliphatic carbocycles. The number of nitrogens with two attached hydrogens (primary N) is 1. The van der Waals surface area contributed by atoms with Crippen LogP contribution in [-0.2, 0) is 6.54 Å². The Morgan fingerprint density at radius 2 is 1.67 bits per heavy atom. The highest BCUT2D eigenvalue weighted by atomic mass is 16.5. The average molecular weight is 364 g/mol. The number of hydrogen-bond donors (Lipinski definition) is 2. The minimum Gasteiger partial charge on any atom is -0.457 e. The van der Waals surface area contributed by atoms with E-state index in [0.29, 0.717) is 35.0 Å². The third-order valence-electron chi connectivity index (χ3n) is 3.92. The zero-order chi connectivity index (χ0) is 19.4. The summed E-state index contributed by atoms with van der Waals surface area (Å²) in [5.74, 6) is 0.489. The molecule has 1 heterocycles. The standard InChI is InChI=1S/C20H20N4O3/c1-3-24-18(12-13(2)23-24)20(26)22-15-6-10-17(11-7-15)27-16-8-4-14(5-9-16)19(21)25/h4-12H,3H2,1-2H3,(H2,21,25)(H,22,26). The Morgan fingerprint density at radius 1 is 1.07 bits per heavy atom. The van der Waals surface area contributed by atoms with Crippen molar-refractivity contribution in [3.8, 4) is 11.5 Å². The first-order chi connectivity index (χ1) is 13.0. The Kier molecular flexibility index (Phi) is 5.21. The van der Waals surface area contributed by atoms with Crippen LogP contribution in [0.15, 0.2) is 54.6 Å². The fourth-order valence-corrected chi connectivity index (χ4v) is 2.59. The van der Waals surface area contributed by atoms with Gasteiger partial charge in [-0.05, 0) is 68.4 Å². The Morgan fingerprint density at radius 3 is 2.22 bits per heavy atom. The van der Waals surface area contributed by atoms with Crippen LogP contribution < -0.4 is 15.8 Å². The van der Waals surface area contributed by atoms with Gasteiger partial charge in [-0.2, -0.15) is 5.10 Å². The monoisotopic (exact) mass is 364 g/mol. The number of aryl methyl sites for hydroxylation is 2. The molecule has 3 N–H and O–H groups in total. The van der Waals surface area contributed by atoms with Crippen LogP contribution in [0.4, 0.5) is 5.69 Å². The van der Waals surface area contributed by atoms with E-state index < -0.39 is 5.91 Å². The van der Waals surface area contributed by atoms with Gasteiger partial charge in [-0.25, -0.2) is 0 Å². The molecule has 1 aromatic heterocycles. The average Bonchev–Trinajstić information content (AvgIpc) is 3.05. The van der Waals surface area contributed by atoms with Crippen molar-refractivity contribution in [3.05, 3.63) is 71.5 Å². The van der Waals surface area contributed by atoms with Crippen molar-refractivity contribution in [2.45, 2.75) is 20.4 Å². The van der Waals surface area contributed by atoms with Crippen molar-refractivity contribution >= 4 is 17.5 Å². The molecule has 0 saturated heterocycles. The Balaban J connectivity index is 1.66. The van der Waals surface area contributed by atoms with Crippen molar-refractivity contribution in [2.75, 3.05) is 5.32 Å². The summed E-state index contributed by atoms with van der Waals surface area (Å²) in [6.45, 7) is 4.41. The molecule has 7 heteroatoms. The van der Waals surface area contributed by atoms with Crippen molar-refractivity contribution in [1.82, 2.24) is 9.78 Å². The number of carbonyl (C=O) groups is 2. The number of hydrogen-bond acceptors (Lipinski definition) is 4. The first-order valence-electron chi connectivity index (χ1n) is 8.50. The normalized spacial score (nSPS) is 10.4. The molecule has 2 aromatic carbocycles. The second kappa shape index (κ2) is 7.74. The second-order valence-corrected chi connectivity index (χ2v) is 5.96. The summed E-state index contributed by atoms with van der Waals surface area (Å²) in [6, 6.07) is 15.3. The number of nitrogens with zero attached hydrogens (tertiary/aromatic N) is 2. The van der Waals surface area contributed by atoms with Crippen LogP contribution >= 0.6 is 0 Å². The van der Waals surface area contributed by atoms with Gasteiger partial charge in [-0.3, -0.25) is 14.3 Å². The summed E-state index contributed by atoms with van der Waals surface area (Å²) in [6.07, 6.45) is 0. The maximum absolute atomic E-state index is 12.4. The van der Waals surface area contributed by atoms with Gasteiger partial charge in [-0.1, -0.05) is 0 Å². The van der Waals surface area contributed by atoms with Gasteiger partial charge < -0.3 is 15.8 Å². The summed E-state index contributed by atoms with van der Waals surface area (Å²) < 4.78 is 7.38. The fourth-order valence-electron chi connectivity index (χ4n) is 2.59. The van der Waals surface area contributed by atoms with Crippen LogP contribution in [0.5, 0.6) is 11.5 Å². The largest absolute Gasteiger partial charge is 0.457 e. The molecule has 0 saturated carbocycles. The third-order valence-corrected chi connectivity index (χ3v) is 3.92. The molecular formula is C20H20N4O3. The zero-order valence-electron chi connectivity index (χ0n) is 15.1. The number of anilines is 1. The van der Waals surface area contributed by atoms with E-state index in [1.54, 1.807) is 59.3 Å². The van der Waals surface area contributed by atoms with Crippen LogP contribution in [0, 0.1) is 6.92 Å². The Bertz CT molecular complexity index is 960. The molecule has 0 aliphatic heterocycles. The third kappa shape index (κ3) is 4.33. The van der Waals surface area contributed by atoms with Gasteiger partial charge in [-0.15, -0.1) is 0 Å². The maximum atomic E-state index is 12.4. The summed E-state index contributed by atoms with van der Waals surface area (Å²) in [5, 5.41) is 7.13. The van der Waals surface area contributed by atoms with Crippen LogP contribution in [0.2, 0.25) is 0 Å². The lowest BCUT2D eigenvalue weighted by Gasteiger charge is -2.09. The molecule has 0 unspecified atom stereocenters. The smallest absolute Gasteiger partial charge is 0.273 e. The number of benzene rings is 2. The SMILES string of the molecule is CCn1nc(C)cc1C(=O)Nc1ccc(Oc2ccc(C(N)=O)cc2)cc1. The van der Waals surface area contributed by atoms with Crippen LogP contribution in [0.3, 0.4) is 0 Å². The summed E-state index contributed by atoms with van der Waals surface area (Å²) in [7, 11) is 0. The van der Waals surface area contributed by atoms with Gasteiger partial charge in [0, 0.05) is 17.8 Å². The van der Waals surface area contributed by atoms with E-state index in [4.69, 9.17) is 10.5 Å². The number of carbonyl (C=O) groups excluding carboxylic acids is 2. The van der Waals surface area contributed by atoms with Crippen molar-refractivity contribution in [2.24, 2.45) is 5.73 Å². The number of nitrogens with one attached hydrogen (secondary N) is 1. The van der Waals surface area contributed by atoms with Crippen molar-refractivity contribution in [3.63, 3.8) is 0 Å². The molecular weight excluding hydrogens is 344 g/mol. The van der Waals surface area contributed by atoms with E-state index in [0.717, 1.165) is 5.69 Å². The number of primary amides is 1. The topological polar surface area (TPSA) is 99.2 Å². The molecule has 2 amide bonds. The molecule has 27 heavy (non-hydrogen) atoms. The van der Waals surface area contributed by atoms with Gasteiger partial charge in [0.25, 0.3) is 5.91 Å². The lowest BCUT2D eigenvalue weighted by Crippen LogP contribution is -2.17. The summed E-state index contributed by atoms with van der Waals surface area (Å²) >= 11 is 0. The van der Waals surface area contributed by atoms with Gasteiger partial charge in [0.1, 0.15) is 17.2 Å². The minimum absolute atomic E-state index is 0.215. The van der Waals surface area contributed by atoms with E-state index in [2.05, 4.69) is 10.4 Å². The van der Waals surface area contributed by atoms with Crippen LogP contribution in [-0.4, -0.2) is 21.6 Å². The van der Waals surface area contributed by atoms with Crippen LogP contribution in [0.25, 0.3) is 0 Å². The number of rotatable bonds is 6. The quantitative estimate of drug-likeness (QED) is 0.700. The van der Waals surface area contributed by atoms with E-state index in [-0.39, 0.29) is 5.91 Å². The molecule has 0 spiro atoms. The summed E-state index contributed by atoms with van der Waals surface area (Å²) in [4.78, 5) is 23.5. The van der Waals surface area contributed by atoms with Crippen molar-refractivity contribution < 1.29 is 14.3 Å². The highest BCUT2D eigenvalue weighted by molar-refractivity contribution is 6.03. The number of aromatic nitrogens is 2. The number of ether oxygens (including phenoxy) is 1. The molecule has 0 fully saturated rings. The lowest BCUT2D eigenvalue weighted by molar-refractivity contribution is 0.0996. The highest BCUT2D eigenvalue weighted by Gasteiger charge is 2.13. The fraction of sp³-hybridized carbons (Fsp3) is 0.150. The van der Waals surface area contributed by atoms with Crippen molar-refractivity contribution in [1.29, 1.82) is 0 Å². The predicted octanol–water partition coefficient (Wildman–Crippen LogP) is 3.35. The van der Waals surface area contributed by atoms with Gasteiger partial charge >= 0.3 is 0 Å². The lowest BCUT2D eigenvalue weighted by atomic mass is 10.2. The molecule has 7 nitrogen and oxygen atoms in total. The first-order valence-corrected chi connectivity index (χ1v) is 8.50. The molecule has 0 atom stereocenters. The minimum atomic E-state index is -0.485. The van der Waals surface area contributed by atoms with E-state index in [9.17, 15) is 9.59 Å².